The molecule has 78 valence electrons. The summed E-state index contributed by atoms with van der Waals surface area (Å²) in [7, 11) is 3.44. The maximum atomic E-state index is 11.3. The summed E-state index contributed by atoms with van der Waals surface area (Å²) in [5.74, 6) is -0.0379. The van der Waals surface area contributed by atoms with Crippen molar-refractivity contribution >= 4 is 5.91 Å². The van der Waals surface area contributed by atoms with E-state index in [2.05, 4.69) is 5.32 Å². The van der Waals surface area contributed by atoms with Gasteiger partial charge in [0, 0.05) is 12.6 Å². The predicted molar refractivity (Wildman–Crippen MR) is 52.5 cm³/mol. The van der Waals surface area contributed by atoms with Gasteiger partial charge in [0.2, 0.25) is 5.91 Å². The Kier molecular flexibility index (Phi) is 4.36. The second kappa shape index (κ2) is 4.58. The van der Waals surface area contributed by atoms with Crippen molar-refractivity contribution in [3.63, 3.8) is 0 Å². The number of nitrogens with one attached hydrogen (secondary N) is 1. The van der Waals surface area contributed by atoms with Gasteiger partial charge in [0.15, 0.2) is 0 Å². The molecule has 13 heavy (non-hydrogen) atoms. The summed E-state index contributed by atoms with van der Waals surface area (Å²) in [6, 6.07) is -0.229. The number of rotatable bonds is 4. The third-order valence-electron chi connectivity index (χ3n) is 2.55. The van der Waals surface area contributed by atoms with Gasteiger partial charge in [-0.2, -0.15) is 0 Å². The number of amides is 1. The minimum absolute atomic E-state index is 0.0326. The molecule has 1 atom stereocenters. The molecule has 0 heterocycles. The highest BCUT2D eigenvalue weighted by molar-refractivity contribution is 5.81. The average molecular weight is 188 g/mol. The molecule has 1 unspecified atom stereocenters. The number of aliphatic hydroxyl groups excluding tert-OH is 1. The quantitative estimate of drug-likeness (QED) is 0.643. The predicted octanol–water partition coefficient (Wildman–Crippen LogP) is -0.176. The fraction of sp³-hybridized carbons (Fsp3) is 0.889. The van der Waals surface area contributed by atoms with Gasteiger partial charge >= 0.3 is 0 Å². The highest BCUT2D eigenvalue weighted by atomic mass is 16.3. The lowest BCUT2D eigenvalue weighted by Crippen LogP contribution is -2.53. The minimum Gasteiger partial charge on any atom is -0.394 e. The molecule has 0 aromatic heterocycles. The molecule has 4 heteroatoms. The van der Waals surface area contributed by atoms with Crippen LogP contribution in [0.4, 0.5) is 0 Å². The first-order chi connectivity index (χ1) is 5.86. The number of likely N-dealkylation sites (N-methyl/N-ethyl adjacent to an activating group) is 2. The Morgan fingerprint density at radius 2 is 2.08 bits per heavy atom. The van der Waals surface area contributed by atoms with Crippen molar-refractivity contribution < 1.29 is 9.90 Å². The Balaban J connectivity index is 4.41. The fourth-order valence-electron chi connectivity index (χ4n) is 1.02. The number of carbonyl (C=O) groups is 1. The lowest BCUT2D eigenvalue weighted by molar-refractivity contribution is -0.127. The molecule has 0 aliphatic carbocycles. The zero-order valence-electron chi connectivity index (χ0n) is 9.09. The third kappa shape index (κ3) is 2.97. The molecule has 0 saturated heterocycles. The molecular weight excluding hydrogens is 168 g/mol. The van der Waals surface area contributed by atoms with Crippen LogP contribution in [0.5, 0.6) is 0 Å². The van der Waals surface area contributed by atoms with Crippen molar-refractivity contribution in [1.82, 2.24) is 10.2 Å². The average Bonchev–Trinajstić information content (AvgIpc) is 2.14. The lowest BCUT2D eigenvalue weighted by atomic mass is 10.0. The molecule has 0 aromatic rings. The highest BCUT2D eigenvalue weighted by Gasteiger charge is 2.29. The van der Waals surface area contributed by atoms with Crippen molar-refractivity contribution in [2.75, 3.05) is 20.7 Å². The summed E-state index contributed by atoms with van der Waals surface area (Å²) in [6.45, 7) is 5.64. The van der Waals surface area contributed by atoms with Gasteiger partial charge in [-0.05, 0) is 27.8 Å². The van der Waals surface area contributed by atoms with Crippen molar-refractivity contribution in [1.29, 1.82) is 0 Å². The van der Waals surface area contributed by atoms with Crippen LogP contribution in [0.25, 0.3) is 0 Å². The lowest BCUT2D eigenvalue weighted by Gasteiger charge is -2.37. The first-order valence-electron chi connectivity index (χ1n) is 4.42. The zero-order chi connectivity index (χ0) is 10.6. The maximum absolute atomic E-state index is 11.3. The van der Waals surface area contributed by atoms with Crippen molar-refractivity contribution in [2.24, 2.45) is 0 Å². The standard InChI is InChI=1S/C9H20N2O2/c1-7(8(13)10-4)11(5)9(2,3)6-12/h7,12H,6H2,1-5H3,(H,10,13). The topological polar surface area (TPSA) is 52.6 Å². The number of carbonyl (C=O) groups excluding carboxylic acids is 1. The third-order valence-corrected chi connectivity index (χ3v) is 2.55. The molecule has 0 aliphatic rings. The summed E-state index contributed by atoms with van der Waals surface area (Å²) in [5, 5.41) is 11.7. The monoisotopic (exact) mass is 188 g/mol. The van der Waals surface area contributed by atoms with Crippen LogP contribution < -0.4 is 5.32 Å². The van der Waals surface area contributed by atoms with Crippen LogP contribution in [0.2, 0.25) is 0 Å². The molecule has 0 rings (SSSR count). The fourth-order valence-corrected chi connectivity index (χ4v) is 1.02. The summed E-state index contributed by atoms with van der Waals surface area (Å²) < 4.78 is 0. The Labute approximate surface area is 79.9 Å². The van der Waals surface area contributed by atoms with Crippen LogP contribution in [0.1, 0.15) is 20.8 Å². The van der Waals surface area contributed by atoms with E-state index in [1.807, 2.05) is 32.7 Å². The van der Waals surface area contributed by atoms with Crippen LogP contribution >= 0.6 is 0 Å². The van der Waals surface area contributed by atoms with Gasteiger partial charge in [-0.1, -0.05) is 0 Å². The highest BCUT2D eigenvalue weighted by Crippen LogP contribution is 2.14. The van der Waals surface area contributed by atoms with E-state index in [0.717, 1.165) is 0 Å². The molecule has 0 fully saturated rings. The van der Waals surface area contributed by atoms with Gasteiger partial charge in [0.1, 0.15) is 0 Å². The molecule has 0 aliphatic heterocycles. The molecular formula is C9H20N2O2. The van der Waals surface area contributed by atoms with Gasteiger partial charge < -0.3 is 10.4 Å². The number of hydrogen-bond donors (Lipinski definition) is 2. The molecule has 0 spiro atoms. The van der Waals surface area contributed by atoms with Gasteiger partial charge in [-0.3, -0.25) is 9.69 Å². The smallest absolute Gasteiger partial charge is 0.236 e. The van der Waals surface area contributed by atoms with Crippen LogP contribution in [0, 0.1) is 0 Å². The summed E-state index contributed by atoms with van der Waals surface area (Å²) in [4.78, 5) is 13.1. The van der Waals surface area contributed by atoms with Crippen molar-refractivity contribution in [3.8, 4) is 0 Å². The van der Waals surface area contributed by atoms with Crippen LogP contribution in [-0.4, -0.2) is 48.2 Å². The van der Waals surface area contributed by atoms with E-state index in [1.54, 1.807) is 7.05 Å². The number of aliphatic hydroxyl groups is 1. The molecule has 0 saturated carbocycles. The largest absolute Gasteiger partial charge is 0.394 e. The second-order valence-corrected chi connectivity index (χ2v) is 3.87. The molecule has 0 bridgehead atoms. The van der Waals surface area contributed by atoms with E-state index in [9.17, 15) is 4.79 Å². The SMILES string of the molecule is CNC(=O)C(C)N(C)C(C)(C)CO. The maximum Gasteiger partial charge on any atom is 0.236 e. The van der Waals surface area contributed by atoms with Gasteiger partial charge in [0.05, 0.1) is 12.6 Å². The van der Waals surface area contributed by atoms with E-state index in [4.69, 9.17) is 5.11 Å². The van der Waals surface area contributed by atoms with Crippen LogP contribution in [0.15, 0.2) is 0 Å². The van der Waals surface area contributed by atoms with Gasteiger partial charge in [0.25, 0.3) is 0 Å². The van der Waals surface area contributed by atoms with E-state index in [-0.39, 0.29) is 24.1 Å². The molecule has 1 amide bonds. The Hall–Kier alpha value is -0.610. The summed E-state index contributed by atoms with van der Waals surface area (Å²) in [5.41, 5.74) is -0.369. The normalized spacial score (nSPS) is 14.4. The van der Waals surface area contributed by atoms with Crippen LogP contribution in [0.3, 0.4) is 0 Å². The second-order valence-electron chi connectivity index (χ2n) is 3.87. The van der Waals surface area contributed by atoms with E-state index >= 15 is 0 Å². The first kappa shape index (κ1) is 12.4. The first-order valence-corrected chi connectivity index (χ1v) is 4.42. The summed E-state index contributed by atoms with van der Waals surface area (Å²) in [6.07, 6.45) is 0. The molecule has 0 radical (unpaired) electrons. The molecule has 2 N–H and O–H groups in total. The van der Waals surface area contributed by atoms with Gasteiger partial charge in [-0.15, -0.1) is 0 Å². The Bertz CT molecular complexity index is 180. The Morgan fingerprint density at radius 3 is 2.38 bits per heavy atom. The van der Waals surface area contributed by atoms with E-state index in [0.29, 0.717) is 0 Å². The minimum atomic E-state index is -0.369. The Morgan fingerprint density at radius 1 is 1.62 bits per heavy atom. The van der Waals surface area contributed by atoms with Crippen molar-refractivity contribution in [2.45, 2.75) is 32.4 Å². The molecule has 4 nitrogen and oxygen atoms in total. The zero-order valence-corrected chi connectivity index (χ0v) is 9.09. The number of hydrogen-bond acceptors (Lipinski definition) is 3. The number of nitrogens with zero attached hydrogens (tertiary/aromatic N) is 1. The van der Waals surface area contributed by atoms with E-state index in [1.165, 1.54) is 0 Å². The van der Waals surface area contributed by atoms with E-state index < -0.39 is 0 Å². The van der Waals surface area contributed by atoms with Crippen molar-refractivity contribution in [3.05, 3.63) is 0 Å². The van der Waals surface area contributed by atoms with Gasteiger partial charge in [-0.25, -0.2) is 0 Å². The van der Waals surface area contributed by atoms with Crippen LogP contribution in [-0.2, 0) is 4.79 Å². The summed E-state index contributed by atoms with van der Waals surface area (Å²) >= 11 is 0. The molecule has 0 aromatic carbocycles.